The second-order valence-electron chi connectivity index (χ2n) is 25.3. The molecular formula is C69H127N2O19P. The highest BCUT2D eigenvalue weighted by molar-refractivity contribution is 7.46. The minimum absolute atomic E-state index is 0.110. The van der Waals surface area contributed by atoms with E-state index in [9.17, 15) is 58.1 Å². The van der Waals surface area contributed by atoms with Crippen LogP contribution in [0.15, 0.2) is 0 Å². The van der Waals surface area contributed by atoms with E-state index in [4.69, 9.17) is 32.9 Å². The van der Waals surface area contributed by atoms with Crippen molar-refractivity contribution in [3.63, 3.8) is 0 Å². The van der Waals surface area contributed by atoms with Crippen LogP contribution in [0.4, 0.5) is 0 Å². The fourth-order valence-electron chi connectivity index (χ4n) is 11.4. The molecule has 6 N–H and O–H groups in total. The van der Waals surface area contributed by atoms with Crippen molar-refractivity contribution in [3.8, 4) is 0 Å². The summed E-state index contributed by atoms with van der Waals surface area (Å²) >= 11 is 0. The summed E-state index contributed by atoms with van der Waals surface area (Å²) in [4.78, 5) is 116. The van der Waals surface area contributed by atoms with Crippen LogP contribution >= 0.6 is 7.82 Å². The van der Waals surface area contributed by atoms with Crippen LogP contribution in [0.3, 0.4) is 0 Å². The van der Waals surface area contributed by atoms with Crippen molar-refractivity contribution in [2.24, 2.45) is 0 Å². The molecule has 0 aromatic carbocycles. The number of carbonyl (C=O) groups is 7. The average molecular weight is 1320 g/mol. The van der Waals surface area contributed by atoms with Crippen molar-refractivity contribution >= 4 is 49.5 Å². The largest absolute Gasteiger partial charge is 0.480 e. The van der Waals surface area contributed by atoms with Crippen LogP contribution in [0.2, 0.25) is 0 Å². The first-order valence-electron chi connectivity index (χ1n) is 36.1. The molecule has 1 aliphatic rings. The van der Waals surface area contributed by atoms with Crippen LogP contribution in [-0.4, -0.2) is 130 Å². The lowest BCUT2D eigenvalue weighted by Gasteiger charge is -2.45. The van der Waals surface area contributed by atoms with E-state index in [1.165, 1.54) is 44.9 Å². The van der Waals surface area contributed by atoms with Gasteiger partial charge in [0.15, 0.2) is 18.4 Å². The minimum atomic E-state index is -5.54. The van der Waals surface area contributed by atoms with Gasteiger partial charge in [-0.3, -0.25) is 33.3 Å². The third-order valence-electron chi connectivity index (χ3n) is 16.7. The van der Waals surface area contributed by atoms with Gasteiger partial charge in [-0.2, -0.15) is 0 Å². The van der Waals surface area contributed by atoms with E-state index >= 15 is 0 Å². The number of esters is 4. The second-order valence-corrected chi connectivity index (χ2v) is 26.5. The molecule has 9 atom stereocenters. The summed E-state index contributed by atoms with van der Waals surface area (Å²) in [6.07, 6.45) is 24.1. The first-order chi connectivity index (χ1) is 43.8. The van der Waals surface area contributed by atoms with Gasteiger partial charge in [0.2, 0.25) is 11.8 Å². The van der Waals surface area contributed by atoms with Crippen LogP contribution in [-0.2, 0) is 71.1 Å². The summed E-state index contributed by atoms with van der Waals surface area (Å²) in [5, 5.41) is 26.5. The number of carboxylic acids is 1. The van der Waals surface area contributed by atoms with Gasteiger partial charge in [-0.15, -0.1) is 0 Å². The third kappa shape index (κ3) is 45.3. The van der Waals surface area contributed by atoms with E-state index < -0.39 is 131 Å². The number of aliphatic hydroxyl groups is 1. The van der Waals surface area contributed by atoms with Crippen molar-refractivity contribution in [1.82, 2.24) is 10.6 Å². The molecule has 3 unspecified atom stereocenters. The van der Waals surface area contributed by atoms with Gasteiger partial charge in [0, 0.05) is 19.3 Å². The zero-order chi connectivity index (χ0) is 67.3. The Bertz CT molecular complexity index is 1960. The van der Waals surface area contributed by atoms with Gasteiger partial charge in [0.05, 0.1) is 32.5 Å². The predicted molar refractivity (Wildman–Crippen MR) is 351 cm³/mol. The normalized spacial score (nSPS) is 18.0. The Labute approximate surface area is 547 Å². The number of carboxylic acid groups (broad SMARTS) is 1. The molecule has 1 rings (SSSR count). The molecule has 0 radical (unpaired) electrons. The zero-order valence-corrected chi connectivity index (χ0v) is 58.2. The van der Waals surface area contributed by atoms with E-state index in [0.717, 1.165) is 148 Å². The van der Waals surface area contributed by atoms with Gasteiger partial charge in [0.1, 0.15) is 36.6 Å². The summed E-state index contributed by atoms with van der Waals surface area (Å²) in [5.41, 5.74) is 0. The number of amides is 2. The van der Waals surface area contributed by atoms with Gasteiger partial charge >= 0.3 is 37.7 Å². The minimum Gasteiger partial charge on any atom is -0.480 e. The summed E-state index contributed by atoms with van der Waals surface area (Å²) in [6.45, 7) is 10.6. The number of nitrogens with one attached hydrogen (secondary N) is 2. The van der Waals surface area contributed by atoms with Gasteiger partial charge in [-0.05, 0) is 57.8 Å². The number of unbranched alkanes of at least 4 members (excludes halogenated alkanes) is 30. The van der Waals surface area contributed by atoms with Gasteiger partial charge in [0.25, 0.3) is 0 Å². The summed E-state index contributed by atoms with van der Waals surface area (Å²) in [6, 6.07) is -3.59. The molecule has 0 aromatic rings. The molecule has 1 saturated heterocycles. The van der Waals surface area contributed by atoms with Crippen molar-refractivity contribution < 1.29 is 91.1 Å². The van der Waals surface area contributed by atoms with Gasteiger partial charge in [-0.1, -0.05) is 234 Å². The molecule has 0 aromatic heterocycles. The number of aliphatic carboxylic acids is 1. The lowest BCUT2D eigenvalue weighted by atomic mass is 9.95. The Balaban J connectivity index is 3.78. The number of hydrogen-bond donors (Lipinski definition) is 6. The Kier molecular flexibility index (Phi) is 52.1. The lowest BCUT2D eigenvalue weighted by Crippen LogP contribution is -2.66. The van der Waals surface area contributed by atoms with Crippen LogP contribution in [0.25, 0.3) is 0 Å². The molecular weight excluding hydrogens is 1190 g/mol. The molecule has 1 aliphatic heterocycles. The molecule has 22 heteroatoms. The van der Waals surface area contributed by atoms with Gasteiger partial charge < -0.3 is 59.1 Å². The standard InChI is InChI=1S/C69H127N2O19P/c1-7-13-19-22-25-28-31-34-40-43-54(85-61(75)46-37-16-10-4)49-59(73)70-57(68(79)80)53-84-69-65(71-60(74)50-55(86-62(76)47-38-17-11-5)44-41-35-32-29-26-23-20-14-8-2)67(66(58(52-72)88-69)90-91(81,82)83)89-64(78)51-56(87-63(77)48-39-18-12-6)45-42-36-33-30-27-24-21-15-9-3/h54-58,65-67,69,72H,7-53H2,1-6H3,(H,70,73)(H,71,74)(H,79,80)(H2,81,82,83)/t54-,55-,56-,57?,58?,65+,66+,67?,69-/m1/s1. The molecule has 1 fully saturated rings. The van der Waals surface area contributed by atoms with E-state index in [-0.39, 0.29) is 32.1 Å². The molecule has 1 heterocycles. The van der Waals surface area contributed by atoms with E-state index in [2.05, 4.69) is 31.4 Å². The van der Waals surface area contributed by atoms with E-state index in [1.807, 2.05) is 20.8 Å². The van der Waals surface area contributed by atoms with Crippen LogP contribution < -0.4 is 10.6 Å². The van der Waals surface area contributed by atoms with E-state index in [0.29, 0.717) is 51.4 Å². The number of phosphoric acid groups is 1. The molecule has 0 spiro atoms. The van der Waals surface area contributed by atoms with Crippen LogP contribution in [0.5, 0.6) is 0 Å². The molecule has 0 aliphatic carbocycles. The molecule has 91 heavy (non-hydrogen) atoms. The first kappa shape index (κ1) is 85.3. The highest BCUT2D eigenvalue weighted by Crippen LogP contribution is 2.42. The van der Waals surface area contributed by atoms with Crippen LogP contribution in [0, 0.1) is 0 Å². The van der Waals surface area contributed by atoms with Crippen LogP contribution in [0.1, 0.15) is 330 Å². The van der Waals surface area contributed by atoms with Gasteiger partial charge in [-0.25, -0.2) is 9.36 Å². The number of carbonyl (C=O) groups excluding carboxylic acids is 6. The number of aliphatic hydroxyl groups excluding tert-OH is 1. The molecule has 0 bridgehead atoms. The number of hydrogen-bond acceptors (Lipinski definition) is 16. The second kappa shape index (κ2) is 55.6. The molecule has 21 nitrogen and oxygen atoms in total. The first-order valence-corrected chi connectivity index (χ1v) is 37.6. The Morgan fingerprint density at radius 2 is 0.791 bits per heavy atom. The number of phosphoric ester groups is 1. The summed E-state index contributed by atoms with van der Waals surface area (Å²) in [7, 11) is -5.54. The number of ether oxygens (including phenoxy) is 6. The zero-order valence-electron chi connectivity index (χ0n) is 57.3. The van der Waals surface area contributed by atoms with Crippen molar-refractivity contribution in [2.75, 3.05) is 13.2 Å². The third-order valence-corrected chi connectivity index (χ3v) is 17.2. The fourth-order valence-corrected chi connectivity index (χ4v) is 12.0. The Morgan fingerprint density at radius 1 is 0.451 bits per heavy atom. The monoisotopic (exact) mass is 1320 g/mol. The predicted octanol–water partition coefficient (Wildman–Crippen LogP) is 14.6. The fraction of sp³-hybridized carbons (Fsp3) is 0.899. The average Bonchev–Trinajstić information content (AvgIpc) is 2.19. The molecule has 532 valence electrons. The maximum atomic E-state index is 14.6. The summed E-state index contributed by atoms with van der Waals surface area (Å²) < 4.78 is 54.0. The Hall–Kier alpha value is -3.72. The highest BCUT2D eigenvalue weighted by atomic mass is 31.2. The maximum absolute atomic E-state index is 14.6. The molecule has 0 saturated carbocycles. The quantitative estimate of drug-likeness (QED) is 0.0143. The Morgan fingerprint density at radius 3 is 1.14 bits per heavy atom. The highest BCUT2D eigenvalue weighted by Gasteiger charge is 2.52. The number of rotatable bonds is 61. The van der Waals surface area contributed by atoms with E-state index in [1.54, 1.807) is 0 Å². The maximum Gasteiger partial charge on any atom is 0.470 e. The van der Waals surface area contributed by atoms with Crippen molar-refractivity contribution in [2.45, 2.75) is 385 Å². The van der Waals surface area contributed by atoms with Crippen molar-refractivity contribution in [3.05, 3.63) is 0 Å². The topological polar surface area (TPSA) is 306 Å². The SMILES string of the molecule is CCCCCCCCCCC[C@H](CC(=O)NC(CO[C@@H]1OC(CO)[C@H](OP(=O)(O)O)C(OC(=O)C[C@@H](CCCCCCCCCCC)OC(=O)CCCCC)[C@@H]1NC(=O)C[C@@H](CCCCCCCCCCC)OC(=O)CCCCC)C(=O)O)OC(=O)CCCCC. The smallest absolute Gasteiger partial charge is 0.470 e. The lowest BCUT2D eigenvalue weighted by molar-refractivity contribution is -0.272. The summed E-state index contributed by atoms with van der Waals surface area (Å²) in [5.74, 6) is -5.65. The van der Waals surface area contributed by atoms with Crippen molar-refractivity contribution in [1.29, 1.82) is 0 Å². The molecule has 2 amide bonds.